The van der Waals surface area contributed by atoms with Crippen LogP contribution in [-0.2, 0) is 19.6 Å². The third-order valence-electron chi connectivity index (χ3n) is 5.34. The molecule has 2 aromatic rings. The van der Waals surface area contributed by atoms with E-state index in [0.29, 0.717) is 0 Å². The molecule has 1 fully saturated rings. The third-order valence-corrected chi connectivity index (χ3v) is 6.41. The van der Waals surface area contributed by atoms with E-state index in [9.17, 15) is 0 Å². The van der Waals surface area contributed by atoms with E-state index < -0.39 is 0 Å². The fourth-order valence-corrected chi connectivity index (χ4v) is 4.46. The lowest BCUT2D eigenvalue weighted by atomic mass is 10.1. The van der Waals surface area contributed by atoms with Gasteiger partial charge in [-0.15, -0.1) is 11.3 Å². The summed E-state index contributed by atoms with van der Waals surface area (Å²) in [7, 11) is 4.02. The number of guanidine groups is 1. The molecule has 158 valence electrons. The van der Waals surface area contributed by atoms with Crippen molar-refractivity contribution in [2.75, 3.05) is 40.3 Å². The van der Waals surface area contributed by atoms with Crippen molar-refractivity contribution in [1.29, 1.82) is 0 Å². The van der Waals surface area contributed by atoms with Crippen LogP contribution in [0.15, 0.2) is 29.3 Å². The number of nitrogens with zero attached hydrogens (tertiary/aromatic N) is 4. The van der Waals surface area contributed by atoms with Gasteiger partial charge in [-0.3, -0.25) is 9.89 Å². The average Bonchev–Trinajstić information content (AvgIpc) is 2.90. The Hall–Kier alpha value is -1.96. The molecule has 2 heterocycles. The summed E-state index contributed by atoms with van der Waals surface area (Å²) in [6.07, 6.45) is 1.26. The molecule has 7 heteroatoms. The molecule has 0 amide bonds. The van der Waals surface area contributed by atoms with Gasteiger partial charge < -0.3 is 15.5 Å². The number of aryl methyl sites for hydroxylation is 2. The molecule has 0 saturated carbocycles. The van der Waals surface area contributed by atoms with Crippen LogP contribution in [0.4, 0.5) is 0 Å². The molecule has 0 bridgehead atoms. The van der Waals surface area contributed by atoms with Crippen molar-refractivity contribution >= 4 is 17.3 Å². The number of rotatable bonds is 6. The second kappa shape index (κ2) is 10.7. The zero-order valence-corrected chi connectivity index (χ0v) is 19.0. The van der Waals surface area contributed by atoms with Crippen LogP contribution in [0.1, 0.15) is 33.1 Å². The Morgan fingerprint density at radius 1 is 1.03 bits per heavy atom. The van der Waals surface area contributed by atoms with Gasteiger partial charge in [-0.25, -0.2) is 4.98 Å². The number of benzene rings is 1. The zero-order chi connectivity index (χ0) is 20.6. The number of aromatic nitrogens is 1. The molecule has 0 radical (unpaired) electrons. The van der Waals surface area contributed by atoms with Gasteiger partial charge in [0, 0.05) is 38.1 Å². The average molecular weight is 415 g/mol. The minimum atomic E-state index is 0.751. The Kier molecular flexibility index (Phi) is 8.03. The quantitative estimate of drug-likeness (QED) is 0.562. The van der Waals surface area contributed by atoms with E-state index in [4.69, 9.17) is 0 Å². The minimum absolute atomic E-state index is 0.751. The highest BCUT2D eigenvalue weighted by Crippen LogP contribution is 2.16. The molecular formula is C22H34N6S. The molecule has 0 spiro atoms. The standard InChI is InChI=1S/C22H34N6S/c1-17-21(29-18(2)26-17)15-25-22(23-3)24-14-19-6-8-20(9-7-19)16-28-11-5-10-27(4)12-13-28/h6-9H,5,10-16H2,1-4H3,(H2,23,24,25). The molecule has 0 atom stereocenters. The highest BCUT2D eigenvalue weighted by Gasteiger charge is 2.12. The van der Waals surface area contributed by atoms with Gasteiger partial charge in [0.1, 0.15) is 0 Å². The number of thiazole rings is 1. The second-order valence-electron chi connectivity index (χ2n) is 7.77. The molecule has 0 unspecified atom stereocenters. The lowest BCUT2D eigenvalue weighted by Crippen LogP contribution is -2.36. The predicted molar refractivity (Wildman–Crippen MR) is 122 cm³/mol. The molecule has 1 aromatic carbocycles. The van der Waals surface area contributed by atoms with Crippen LogP contribution < -0.4 is 10.6 Å². The lowest BCUT2D eigenvalue weighted by molar-refractivity contribution is 0.269. The Bertz CT molecular complexity index is 798. The summed E-state index contributed by atoms with van der Waals surface area (Å²) in [6.45, 7) is 11.4. The Morgan fingerprint density at radius 2 is 1.76 bits per heavy atom. The minimum Gasteiger partial charge on any atom is -0.352 e. The fourth-order valence-electron chi connectivity index (χ4n) is 3.59. The highest BCUT2D eigenvalue weighted by molar-refractivity contribution is 7.11. The van der Waals surface area contributed by atoms with Crippen molar-refractivity contribution in [2.24, 2.45) is 4.99 Å². The van der Waals surface area contributed by atoms with Crippen LogP contribution in [0.5, 0.6) is 0 Å². The molecule has 29 heavy (non-hydrogen) atoms. The monoisotopic (exact) mass is 414 g/mol. The van der Waals surface area contributed by atoms with Crippen LogP contribution >= 0.6 is 11.3 Å². The highest BCUT2D eigenvalue weighted by atomic mass is 32.1. The predicted octanol–water partition coefficient (Wildman–Crippen LogP) is 2.76. The summed E-state index contributed by atoms with van der Waals surface area (Å²) >= 11 is 1.74. The first-order valence-corrected chi connectivity index (χ1v) is 11.2. The van der Waals surface area contributed by atoms with Crippen molar-refractivity contribution in [3.05, 3.63) is 51.0 Å². The van der Waals surface area contributed by atoms with E-state index in [0.717, 1.165) is 49.4 Å². The third kappa shape index (κ3) is 6.80. The van der Waals surface area contributed by atoms with Crippen LogP contribution in [-0.4, -0.2) is 61.0 Å². The van der Waals surface area contributed by atoms with Gasteiger partial charge in [-0.1, -0.05) is 24.3 Å². The maximum atomic E-state index is 4.48. The smallest absolute Gasteiger partial charge is 0.191 e. The van der Waals surface area contributed by atoms with E-state index in [2.05, 4.69) is 68.6 Å². The van der Waals surface area contributed by atoms with E-state index in [-0.39, 0.29) is 0 Å². The van der Waals surface area contributed by atoms with E-state index in [1.165, 1.54) is 35.5 Å². The first kappa shape index (κ1) is 21.7. The molecular weight excluding hydrogens is 380 g/mol. The van der Waals surface area contributed by atoms with Crippen LogP contribution in [0.3, 0.4) is 0 Å². The van der Waals surface area contributed by atoms with Crippen LogP contribution in [0.2, 0.25) is 0 Å². The topological polar surface area (TPSA) is 55.8 Å². The van der Waals surface area contributed by atoms with Gasteiger partial charge in [0.15, 0.2) is 5.96 Å². The largest absolute Gasteiger partial charge is 0.352 e. The van der Waals surface area contributed by atoms with Crippen LogP contribution in [0.25, 0.3) is 0 Å². The number of likely N-dealkylation sites (N-methyl/N-ethyl adjacent to an activating group) is 1. The molecule has 1 saturated heterocycles. The zero-order valence-electron chi connectivity index (χ0n) is 18.2. The molecule has 1 aliphatic heterocycles. The Morgan fingerprint density at radius 3 is 2.45 bits per heavy atom. The van der Waals surface area contributed by atoms with Crippen molar-refractivity contribution < 1.29 is 0 Å². The number of nitrogens with one attached hydrogen (secondary N) is 2. The van der Waals surface area contributed by atoms with Crippen molar-refractivity contribution in [1.82, 2.24) is 25.4 Å². The van der Waals surface area contributed by atoms with Crippen molar-refractivity contribution in [2.45, 2.75) is 39.9 Å². The second-order valence-corrected chi connectivity index (χ2v) is 9.06. The first-order chi connectivity index (χ1) is 14.0. The van der Waals surface area contributed by atoms with Gasteiger partial charge in [0.25, 0.3) is 0 Å². The number of aliphatic imine (C=N–C) groups is 1. The maximum Gasteiger partial charge on any atom is 0.191 e. The summed E-state index contributed by atoms with van der Waals surface area (Å²) in [6, 6.07) is 8.95. The van der Waals surface area contributed by atoms with E-state index >= 15 is 0 Å². The summed E-state index contributed by atoms with van der Waals surface area (Å²) in [5.41, 5.74) is 3.75. The van der Waals surface area contributed by atoms with Crippen molar-refractivity contribution in [3.8, 4) is 0 Å². The van der Waals surface area contributed by atoms with Gasteiger partial charge >= 0.3 is 0 Å². The molecule has 1 aromatic heterocycles. The molecule has 6 nitrogen and oxygen atoms in total. The van der Waals surface area contributed by atoms with Gasteiger partial charge in [-0.05, 0) is 51.5 Å². The molecule has 2 N–H and O–H groups in total. The Labute approximate surface area is 179 Å². The van der Waals surface area contributed by atoms with Crippen LogP contribution in [0, 0.1) is 13.8 Å². The van der Waals surface area contributed by atoms with E-state index in [1.54, 1.807) is 11.3 Å². The molecule has 1 aliphatic rings. The summed E-state index contributed by atoms with van der Waals surface area (Å²) in [5, 5.41) is 7.89. The van der Waals surface area contributed by atoms with Gasteiger partial charge in [0.2, 0.25) is 0 Å². The normalized spacial score (nSPS) is 16.6. The van der Waals surface area contributed by atoms with Gasteiger partial charge in [-0.2, -0.15) is 0 Å². The number of hydrogen-bond donors (Lipinski definition) is 2. The maximum absolute atomic E-state index is 4.48. The summed E-state index contributed by atoms with van der Waals surface area (Å²) in [4.78, 5) is 15.1. The number of hydrogen-bond acceptors (Lipinski definition) is 5. The van der Waals surface area contributed by atoms with Crippen molar-refractivity contribution in [3.63, 3.8) is 0 Å². The fraction of sp³-hybridized carbons (Fsp3) is 0.545. The molecule has 3 rings (SSSR count). The Balaban J connectivity index is 1.45. The molecule has 0 aliphatic carbocycles. The van der Waals surface area contributed by atoms with Gasteiger partial charge in [0.05, 0.1) is 17.2 Å². The lowest BCUT2D eigenvalue weighted by Gasteiger charge is -2.20. The summed E-state index contributed by atoms with van der Waals surface area (Å²) < 4.78 is 0. The van der Waals surface area contributed by atoms with E-state index in [1.807, 2.05) is 14.0 Å². The first-order valence-electron chi connectivity index (χ1n) is 10.4. The summed E-state index contributed by atoms with van der Waals surface area (Å²) in [5.74, 6) is 0.813. The SMILES string of the molecule is CN=C(NCc1ccc(CN2CCCN(C)CC2)cc1)NCc1sc(C)nc1C.